The van der Waals surface area contributed by atoms with Crippen LogP contribution in [0.1, 0.15) is 65.7 Å². The van der Waals surface area contributed by atoms with Gasteiger partial charge in [-0.25, -0.2) is 9.59 Å². The van der Waals surface area contributed by atoms with E-state index in [1.165, 1.54) is 27.9 Å². The van der Waals surface area contributed by atoms with Crippen molar-refractivity contribution in [1.82, 2.24) is 0 Å². The van der Waals surface area contributed by atoms with Crippen LogP contribution in [0, 0.1) is 5.92 Å². The highest BCUT2D eigenvalue weighted by Gasteiger charge is 2.21. The summed E-state index contributed by atoms with van der Waals surface area (Å²) in [6.07, 6.45) is 19.6. The molecule has 0 aromatic carbocycles. The molecule has 0 spiro atoms. The van der Waals surface area contributed by atoms with Crippen LogP contribution in [0.2, 0.25) is 0 Å². The molecule has 0 aliphatic heterocycles. The summed E-state index contributed by atoms with van der Waals surface area (Å²) < 4.78 is 10.8. The maximum atomic E-state index is 11.7. The fourth-order valence-corrected chi connectivity index (χ4v) is 4.40. The molecular weight excluding hydrogens is 424 g/mol. The van der Waals surface area contributed by atoms with Crippen molar-refractivity contribution >= 4 is 11.9 Å². The zero-order valence-corrected chi connectivity index (χ0v) is 20.7. The van der Waals surface area contributed by atoms with Crippen LogP contribution in [0.5, 0.6) is 0 Å². The minimum Gasteiger partial charge on any atom is -0.462 e. The minimum atomic E-state index is -0.358. The van der Waals surface area contributed by atoms with Crippen molar-refractivity contribution in [3.63, 3.8) is 0 Å². The Morgan fingerprint density at radius 2 is 1.26 bits per heavy atom. The van der Waals surface area contributed by atoms with Gasteiger partial charge in [0.1, 0.15) is 5.76 Å². The van der Waals surface area contributed by atoms with E-state index in [0.29, 0.717) is 23.5 Å². The Morgan fingerprint density at radius 3 is 1.68 bits per heavy atom. The molecule has 0 aromatic rings. The lowest BCUT2D eigenvalue weighted by atomic mass is 9.82. The van der Waals surface area contributed by atoms with Crippen LogP contribution in [0.15, 0.2) is 94.4 Å². The zero-order chi connectivity index (χ0) is 24.7. The molecule has 3 aliphatic rings. The van der Waals surface area contributed by atoms with Gasteiger partial charge in [-0.15, -0.1) is 0 Å². The molecule has 1 unspecified atom stereocenters. The van der Waals surface area contributed by atoms with Gasteiger partial charge in [-0.1, -0.05) is 56.0 Å². The van der Waals surface area contributed by atoms with Crippen LogP contribution in [0.3, 0.4) is 0 Å². The van der Waals surface area contributed by atoms with E-state index in [1.54, 1.807) is 13.8 Å². The number of hydrogen-bond acceptors (Lipinski definition) is 4. The summed E-state index contributed by atoms with van der Waals surface area (Å²) in [5.74, 6) is 0.301. The van der Waals surface area contributed by atoms with Gasteiger partial charge in [-0.05, 0) is 80.7 Å². The number of ether oxygens (including phenoxy) is 2. The molecule has 34 heavy (non-hydrogen) atoms. The monoisotopic (exact) mass is 460 g/mol. The fraction of sp³-hybridized carbons (Fsp3) is 0.400. The average Bonchev–Trinajstić information content (AvgIpc) is 2.85. The van der Waals surface area contributed by atoms with Gasteiger partial charge < -0.3 is 9.47 Å². The molecule has 3 aliphatic carbocycles. The molecule has 0 radical (unpaired) electrons. The summed E-state index contributed by atoms with van der Waals surface area (Å²) >= 11 is 0. The third-order valence-corrected chi connectivity index (χ3v) is 6.62. The van der Waals surface area contributed by atoms with Crippen LogP contribution in [0.25, 0.3) is 0 Å². The summed E-state index contributed by atoms with van der Waals surface area (Å²) in [5, 5.41) is 0. The summed E-state index contributed by atoms with van der Waals surface area (Å²) in [6, 6.07) is 0. The number of carbonyl (C=O) groups excluding carboxylic acids is 2. The van der Waals surface area contributed by atoms with E-state index in [9.17, 15) is 9.59 Å². The Hall–Kier alpha value is -3.14. The Balaban J connectivity index is 1.62. The first-order valence-electron chi connectivity index (χ1n) is 12.2. The van der Waals surface area contributed by atoms with Crippen LogP contribution >= 0.6 is 0 Å². The molecule has 0 bridgehead atoms. The van der Waals surface area contributed by atoms with Crippen molar-refractivity contribution < 1.29 is 19.1 Å². The lowest BCUT2D eigenvalue weighted by Crippen LogP contribution is -2.17. The molecule has 0 aromatic heterocycles. The predicted molar refractivity (Wildman–Crippen MR) is 137 cm³/mol. The first-order chi connectivity index (χ1) is 16.3. The van der Waals surface area contributed by atoms with Crippen molar-refractivity contribution in [3.8, 4) is 0 Å². The predicted octanol–water partition coefficient (Wildman–Crippen LogP) is 7.15. The lowest BCUT2D eigenvalue weighted by molar-refractivity contribution is -0.140. The van der Waals surface area contributed by atoms with Gasteiger partial charge in [-0.2, -0.15) is 0 Å². The van der Waals surface area contributed by atoms with Crippen molar-refractivity contribution in [2.24, 2.45) is 5.92 Å². The van der Waals surface area contributed by atoms with E-state index < -0.39 is 0 Å². The van der Waals surface area contributed by atoms with Gasteiger partial charge in [0.2, 0.25) is 0 Å². The molecule has 1 atom stereocenters. The van der Waals surface area contributed by atoms with Crippen LogP contribution < -0.4 is 0 Å². The Kier molecular flexibility index (Phi) is 8.86. The summed E-state index contributed by atoms with van der Waals surface area (Å²) in [7, 11) is 0. The number of hydrogen-bond donors (Lipinski definition) is 0. The van der Waals surface area contributed by atoms with Crippen molar-refractivity contribution in [2.45, 2.75) is 65.7 Å². The van der Waals surface area contributed by atoms with Crippen molar-refractivity contribution in [3.05, 3.63) is 94.4 Å². The van der Waals surface area contributed by atoms with E-state index in [-0.39, 0.29) is 17.9 Å². The summed E-state index contributed by atoms with van der Waals surface area (Å²) in [6.45, 7) is 13.2. The lowest BCUT2D eigenvalue weighted by Gasteiger charge is -2.25. The Bertz CT molecular complexity index is 1060. The molecular formula is C30H36O4. The third-order valence-electron chi connectivity index (χ3n) is 6.62. The third kappa shape index (κ3) is 6.69. The SMILES string of the molecule is C=C(C)C(=O)OCC(CC)C1=CC=C(C2=CC=C(C3=CC=C(OC(=O)C(=C)C)CC3)CC2)CC1. The Labute approximate surface area is 203 Å². The van der Waals surface area contributed by atoms with E-state index in [4.69, 9.17) is 9.47 Å². The number of rotatable bonds is 9. The summed E-state index contributed by atoms with van der Waals surface area (Å²) in [4.78, 5) is 23.4. The highest BCUT2D eigenvalue weighted by molar-refractivity contribution is 5.87. The number of esters is 2. The first kappa shape index (κ1) is 25.5. The van der Waals surface area contributed by atoms with Gasteiger partial charge in [0.15, 0.2) is 0 Å². The second-order valence-electron chi connectivity index (χ2n) is 9.30. The van der Waals surface area contributed by atoms with Gasteiger partial charge in [0.25, 0.3) is 0 Å². The molecule has 3 rings (SSSR count). The highest BCUT2D eigenvalue weighted by Crippen LogP contribution is 2.36. The van der Waals surface area contributed by atoms with Crippen LogP contribution in [-0.4, -0.2) is 18.5 Å². The molecule has 0 fully saturated rings. The standard InChI is InChI=1S/C30H36O4/c1-6-22(19-33-29(31)20(2)3)23-7-9-24(10-8-23)25-11-13-26(14-12-25)27-15-17-28(18-16-27)34-30(32)21(4)5/h7,9,11,13,15,17,22H,2,4,6,8,10,12,14,16,18-19H2,1,3,5H3. The maximum absolute atomic E-state index is 11.7. The van der Waals surface area contributed by atoms with E-state index >= 15 is 0 Å². The summed E-state index contributed by atoms with van der Waals surface area (Å²) in [5.41, 5.74) is 7.71. The van der Waals surface area contributed by atoms with Gasteiger partial charge in [0, 0.05) is 23.5 Å². The first-order valence-corrected chi connectivity index (χ1v) is 12.2. The number of allylic oxidation sites excluding steroid dienone is 11. The van der Waals surface area contributed by atoms with Gasteiger partial charge in [0.05, 0.1) is 6.61 Å². The largest absolute Gasteiger partial charge is 0.462 e. The Morgan fingerprint density at radius 1 is 0.765 bits per heavy atom. The van der Waals surface area contributed by atoms with E-state index in [1.807, 2.05) is 6.08 Å². The van der Waals surface area contributed by atoms with Gasteiger partial charge >= 0.3 is 11.9 Å². The molecule has 0 heterocycles. The topological polar surface area (TPSA) is 52.6 Å². The van der Waals surface area contributed by atoms with Crippen molar-refractivity contribution in [2.75, 3.05) is 6.61 Å². The smallest absolute Gasteiger partial charge is 0.338 e. The second kappa shape index (κ2) is 11.8. The maximum Gasteiger partial charge on any atom is 0.338 e. The average molecular weight is 461 g/mol. The minimum absolute atomic E-state index is 0.263. The van der Waals surface area contributed by atoms with Crippen molar-refractivity contribution in [1.29, 1.82) is 0 Å². The van der Waals surface area contributed by atoms with Gasteiger partial charge in [-0.3, -0.25) is 0 Å². The van der Waals surface area contributed by atoms with Crippen LogP contribution in [-0.2, 0) is 19.1 Å². The second-order valence-corrected chi connectivity index (χ2v) is 9.30. The number of carbonyl (C=O) groups is 2. The molecule has 4 heteroatoms. The molecule has 0 amide bonds. The quantitative estimate of drug-likeness (QED) is 0.271. The highest BCUT2D eigenvalue weighted by atomic mass is 16.5. The molecule has 0 N–H and O–H groups in total. The van der Waals surface area contributed by atoms with Crippen LogP contribution in [0.4, 0.5) is 0 Å². The fourth-order valence-electron chi connectivity index (χ4n) is 4.40. The molecule has 0 saturated carbocycles. The normalized spacial score (nSPS) is 18.8. The van der Waals surface area contributed by atoms with E-state index in [2.05, 4.69) is 50.5 Å². The molecule has 180 valence electrons. The molecule has 4 nitrogen and oxygen atoms in total. The van der Waals surface area contributed by atoms with E-state index in [0.717, 1.165) is 44.9 Å². The molecule has 0 saturated heterocycles. The zero-order valence-electron chi connectivity index (χ0n) is 20.7.